The summed E-state index contributed by atoms with van der Waals surface area (Å²) in [5.41, 5.74) is 1.34. The van der Waals surface area contributed by atoms with Crippen LogP contribution >= 0.6 is 0 Å². The van der Waals surface area contributed by atoms with Gasteiger partial charge in [-0.1, -0.05) is 30.3 Å². The van der Waals surface area contributed by atoms with Gasteiger partial charge in [0.2, 0.25) is 0 Å². The fourth-order valence-electron chi connectivity index (χ4n) is 3.69. The summed E-state index contributed by atoms with van der Waals surface area (Å²) >= 11 is 0. The van der Waals surface area contributed by atoms with E-state index in [9.17, 15) is 31.5 Å². The van der Waals surface area contributed by atoms with Gasteiger partial charge in [0, 0.05) is 18.1 Å². The molecule has 0 aliphatic carbocycles. The van der Waals surface area contributed by atoms with Crippen LogP contribution in [0.4, 0.5) is 18.9 Å². The van der Waals surface area contributed by atoms with Gasteiger partial charge in [-0.05, 0) is 41.5 Å². The number of anilines is 1. The van der Waals surface area contributed by atoms with E-state index in [2.05, 4.69) is 4.74 Å². The zero-order valence-electron chi connectivity index (χ0n) is 16.3. The van der Waals surface area contributed by atoms with Gasteiger partial charge in [-0.3, -0.25) is 4.31 Å². The van der Waals surface area contributed by atoms with Crippen LogP contribution in [0.25, 0.3) is 11.1 Å². The first-order valence-electron chi connectivity index (χ1n) is 9.38. The number of nitrogens with zero attached hydrogens (tertiary/aromatic N) is 1. The third-order valence-corrected chi connectivity index (χ3v) is 6.93. The molecule has 0 aromatic heterocycles. The van der Waals surface area contributed by atoms with Crippen molar-refractivity contribution in [2.24, 2.45) is 0 Å². The summed E-state index contributed by atoms with van der Waals surface area (Å²) in [4.78, 5) is 11.6. The lowest BCUT2D eigenvalue weighted by atomic mass is 10.0. The van der Waals surface area contributed by atoms with Gasteiger partial charge in [0.1, 0.15) is 17.6 Å². The number of carboxylic acid groups (broad SMARTS) is 1. The van der Waals surface area contributed by atoms with Crippen LogP contribution in [-0.2, 0) is 21.2 Å². The maximum Gasteiger partial charge on any atom is 0.387 e. The van der Waals surface area contributed by atoms with Crippen LogP contribution < -0.4 is 9.04 Å². The Labute approximate surface area is 181 Å². The van der Waals surface area contributed by atoms with Crippen molar-refractivity contribution < 1.29 is 36.2 Å². The molecule has 1 N–H and O–H groups in total. The minimum absolute atomic E-state index is 0.0345. The Kier molecular flexibility index (Phi) is 5.55. The molecule has 0 bridgehead atoms. The number of halogens is 3. The summed E-state index contributed by atoms with van der Waals surface area (Å²) in [7, 11) is -4.24. The SMILES string of the molecule is O=C(O)[C@@H]1Cc2ccccc2N1S(=O)(=O)c1ccc(-c2ccc(F)cc2OC(F)F)cc1. The average molecular weight is 463 g/mol. The fraction of sp³-hybridized carbons (Fsp3) is 0.136. The molecular formula is C22H16F3NO5S. The van der Waals surface area contributed by atoms with E-state index in [0.717, 1.165) is 16.4 Å². The molecule has 0 saturated carbocycles. The van der Waals surface area contributed by atoms with Gasteiger partial charge in [-0.2, -0.15) is 8.78 Å². The lowest BCUT2D eigenvalue weighted by molar-refractivity contribution is -0.138. The van der Waals surface area contributed by atoms with Crippen molar-refractivity contribution >= 4 is 21.7 Å². The zero-order valence-corrected chi connectivity index (χ0v) is 17.1. The molecular weight excluding hydrogens is 447 g/mol. The van der Waals surface area contributed by atoms with E-state index in [0.29, 0.717) is 11.1 Å². The first-order chi connectivity index (χ1) is 15.2. The smallest absolute Gasteiger partial charge is 0.387 e. The van der Waals surface area contributed by atoms with Gasteiger partial charge in [-0.15, -0.1) is 0 Å². The molecule has 0 spiro atoms. The van der Waals surface area contributed by atoms with Crippen LogP contribution in [0.1, 0.15) is 5.56 Å². The Morgan fingerprint density at radius 3 is 2.41 bits per heavy atom. The molecule has 0 amide bonds. The number of benzene rings is 3. The van der Waals surface area contributed by atoms with E-state index in [1.54, 1.807) is 18.2 Å². The molecule has 32 heavy (non-hydrogen) atoms. The largest absolute Gasteiger partial charge is 0.480 e. The van der Waals surface area contributed by atoms with E-state index in [4.69, 9.17) is 0 Å². The van der Waals surface area contributed by atoms with Gasteiger partial charge < -0.3 is 9.84 Å². The highest BCUT2D eigenvalue weighted by Crippen LogP contribution is 2.38. The van der Waals surface area contributed by atoms with Crippen molar-refractivity contribution in [2.75, 3.05) is 4.31 Å². The zero-order chi connectivity index (χ0) is 23.0. The third-order valence-electron chi connectivity index (χ3n) is 5.09. The van der Waals surface area contributed by atoms with Gasteiger partial charge in [-0.25, -0.2) is 17.6 Å². The van der Waals surface area contributed by atoms with Crippen LogP contribution in [0, 0.1) is 5.82 Å². The van der Waals surface area contributed by atoms with Crippen LogP contribution in [-0.4, -0.2) is 32.1 Å². The van der Waals surface area contributed by atoms with Crippen molar-refractivity contribution in [3.05, 3.63) is 78.1 Å². The van der Waals surface area contributed by atoms with E-state index in [-0.39, 0.29) is 22.6 Å². The lowest BCUT2D eigenvalue weighted by Gasteiger charge is -2.24. The van der Waals surface area contributed by atoms with Gasteiger partial charge in [0.25, 0.3) is 10.0 Å². The first kappa shape index (κ1) is 21.7. The van der Waals surface area contributed by atoms with E-state index < -0.39 is 40.2 Å². The normalized spacial score (nSPS) is 15.6. The van der Waals surface area contributed by atoms with Crippen LogP contribution in [0.3, 0.4) is 0 Å². The van der Waals surface area contributed by atoms with Crippen molar-refractivity contribution in [3.8, 4) is 16.9 Å². The fourth-order valence-corrected chi connectivity index (χ4v) is 5.33. The summed E-state index contributed by atoms with van der Waals surface area (Å²) in [6, 6.07) is 13.5. The number of carboxylic acids is 1. The molecule has 3 aromatic carbocycles. The predicted molar refractivity (Wildman–Crippen MR) is 110 cm³/mol. The number of para-hydroxylation sites is 1. The number of ether oxygens (including phenoxy) is 1. The quantitative estimate of drug-likeness (QED) is 0.590. The molecule has 1 atom stereocenters. The summed E-state index contributed by atoms with van der Waals surface area (Å²) in [5.74, 6) is -2.44. The predicted octanol–water partition coefficient (Wildman–Crippen LogP) is 4.30. The number of alkyl halides is 2. The number of aliphatic carboxylic acids is 1. The molecule has 0 fully saturated rings. The number of fused-ring (bicyclic) bond motifs is 1. The lowest BCUT2D eigenvalue weighted by Crippen LogP contribution is -2.42. The second-order valence-electron chi connectivity index (χ2n) is 7.03. The minimum Gasteiger partial charge on any atom is -0.480 e. The Morgan fingerprint density at radius 2 is 1.75 bits per heavy atom. The van der Waals surface area contributed by atoms with E-state index >= 15 is 0 Å². The number of carbonyl (C=O) groups is 1. The Hall–Kier alpha value is -3.53. The number of hydrogen-bond donors (Lipinski definition) is 1. The van der Waals surface area contributed by atoms with Crippen molar-refractivity contribution in [3.63, 3.8) is 0 Å². The third kappa shape index (κ3) is 3.89. The molecule has 0 saturated heterocycles. The summed E-state index contributed by atoms with van der Waals surface area (Å²) < 4.78 is 70.7. The Bertz CT molecular complexity index is 1280. The number of hydrogen-bond acceptors (Lipinski definition) is 4. The molecule has 3 aromatic rings. The van der Waals surface area contributed by atoms with Crippen LogP contribution in [0.2, 0.25) is 0 Å². The topological polar surface area (TPSA) is 83.9 Å². The number of rotatable bonds is 6. The molecule has 166 valence electrons. The monoisotopic (exact) mass is 463 g/mol. The summed E-state index contributed by atoms with van der Waals surface area (Å²) in [6.07, 6.45) is 0.0345. The van der Waals surface area contributed by atoms with Crippen LogP contribution in [0.5, 0.6) is 5.75 Å². The maximum atomic E-state index is 13.5. The maximum absolute atomic E-state index is 13.5. The second-order valence-corrected chi connectivity index (χ2v) is 8.85. The number of sulfonamides is 1. The average Bonchev–Trinajstić information content (AvgIpc) is 3.14. The molecule has 1 aliphatic rings. The molecule has 1 heterocycles. The molecule has 0 unspecified atom stereocenters. The first-order valence-corrected chi connectivity index (χ1v) is 10.8. The highest BCUT2D eigenvalue weighted by molar-refractivity contribution is 7.93. The van der Waals surface area contributed by atoms with Gasteiger partial charge >= 0.3 is 12.6 Å². The minimum atomic E-state index is -4.24. The molecule has 0 radical (unpaired) electrons. The highest BCUT2D eigenvalue weighted by Gasteiger charge is 2.42. The van der Waals surface area contributed by atoms with Gasteiger partial charge in [0.15, 0.2) is 0 Å². The Morgan fingerprint density at radius 1 is 1.06 bits per heavy atom. The van der Waals surface area contributed by atoms with Crippen molar-refractivity contribution in [1.29, 1.82) is 0 Å². The molecule has 6 nitrogen and oxygen atoms in total. The second kappa shape index (κ2) is 8.19. The summed E-state index contributed by atoms with van der Waals surface area (Å²) in [5, 5.41) is 9.57. The standard InChI is InChI=1S/C22H16F3NO5S/c23-15-7-10-17(20(12-15)31-22(24)25)13-5-8-16(9-6-13)32(29,30)26-18-4-2-1-3-14(18)11-19(26)21(27)28/h1-10,12,19,22H,11H2,(H,27,28)/t19-/m0/s1. The van der Waals surface area contributed by atoms with Gasteiger partial charge in [0.05, 0.1) is 10.6 Å². The van der Waals surface area contributed by atoms with E-state index in [1.165, 1.54) is 36.4 Å². The Balaban J connectivity index is 1.73. The highest BCUT2D eigenvalue weighted by atomic mass is 32.2. The molecule has 4 rings (SSSR count). The molecule has 1 aliphatic heterocycles. The van der Waals surface area contributed by atoms with Crippen LogP contribution in [0.15, 0.2) is 71.6 Å². The van der Waals surface area contributed by atoms with E-state index in [1.807, 2.05) is 0 Å². The molecule has 10 heteroatoms. The van der Waals surface area contributed by atoms with Crippen molar-refractivity contribution in [2.45, 2.75) is 24.0 Å². The summed E-state index contributed by atoms with van der Waals surface area (Å²) in [6.45, 7) is -3.17. The van der Waals surface area contributed by atoms with Crippen molar-refractivity contribution in [1.82, 2.24) is 0 Å².